The number of nitrogens with two attached hydrogens (primary N) is 1. The third-order valence-electron chi connectivity index (χ3n) is 2.20. The van der Waals surface area contributed by atoms with Crippen molar-refractivity contribution < 1.29 is 4.39 Å². The molecular formula is C11H11BrFN3. The number of aromatic nitrogens is 2. The summed E-state index contributed by atoms with van der Waals surface area (Å²) in [6.45, 7) is 0.879. The molecule has 0 radical (unpaired) electrons. The van der Waals surface area contributed by atoms with E-state index in [9.17, 15) is 4.39 Å². The van der Waals surface area contributed by atoms with Crippen LogP contribution < -0.4 is 5.73 Å². The molecule has 0 atom stereocenters. The highest BCUT2D eigenvalue weighted by Gasteiger charge is 2.02. The summed E-state index contributed by atoms with van der Waals surface area (Å²) in [6, 6.07) is 4.83. The molecule has 0 fully saturated rings. The summed E-state index contributed by atoms with van der Waals surface area (Å²) in [5, 5.41) is 4.11. The Balaban J connectivity index is 2.24. The molecule has 1 heterocycles. The largest absolute Gasteiger partial charge is 0.326 e. The van der Waals surface area contributed by atoms with Crippen molar-refractivity contribution in [1.29, 1.82) is 0 Å². The van der Waals surface area contributed by atoms with Crippen molar-refractivity contribution in [1.82, 2.24) is 9.78 Å². The van der Waals surface area contributed by atoms with Crippen molar-refractivity contribution in [2.24, 2.45) is 5.73 Å². The molecule has 1 aromatic carbocycles. The Bertz CT molecular complexity index is 496. The van der Waals surface area contributed by atoms with Gasteiger partial charge in [-0.05, 0) is 39.2 Å². The fourth-order valence-corrected chi connectivity index (χ4v) is 1.87. The zero-order valence-electron chi connectivity index (χ0n) is 8.53. The van der Waals surface area contributed by atoms with E-state index in [-0.39, 0.29) is 5.82 Å². The molecule has 0 aliphatic rings. The topological polar surface area (TPSA) is 43.8 Å². The molecule has 5 heteroatoms. The number of hydrogen-bond acceptors (Lipinski definition) is 2. The molecule has 0 aliphatic carbocycles. The first-order valence-electron chi connectivity index (χ1n) is 4.84. The zero-order chi connectivity index (χ0) is 11.5. The van der Waals surface area contributed by atoms with E-state index in [0.717, 1.165) is 15.6 Å². The first-order chi connectivity index (χ1) is 7.67. The molecule has 16 heavy (non-hydrogen) atoms. The van der Waals surface area contributed by atoms with Crippen LogP contribution in [0.2, 0.25) is 0 Å². The minimum absolute atomic E-state index is 0.260. The Labute approximate surface area is 101 Å². The van der Waals surface area contributed by atoms with Gasteiger partial charge in [0.25, 0.3) is 0 Å². The molecule has 1 aromatic heterocycles. The van der Waals surface area contributed by atoms with E-state index < -0.39 is 0 Å². The van der Waals surface area contributed by atoms with E-state index in [1.54, 1.807) is 10.9 Å². The third kappa shape index (κ3) is 2.68. The van der Waals surface area contributed by atoms with Gasteiger partial charge in [0.1, 0.15) is 5.82 Å². The maximum atomic E-state index is 13.2. The summed E-state index contributed by atoms with van der Waals surface area (Å²) in [5.41, 5.74) is 7.14. The highest BCUT2D eigenvalue weighted by atomic mass is 79.9. The first kappa shape index (κ1) is 11.3. The van der Waals surface area contributed by atoms with Gasteiger partial charge in [0.15, 0.2) is 0 Å². The summed E-state index contributed by atoms with van der Waals surface area (Å²) in [4.78, 5) is 0. The predicted octanol–water partition coefficient (Wildman–Crippen LogP) is 2.29. The lowest BCUT2D eigenvalue weighted by molar-refractivity contribution is 0.616. The second-order valence-corrected chi connectivity index (χ2v) is 4.44. The lowest BCUT2D eigenvalue weighted by atomic mass is 10.1. The van der Waals surface area contributed by atoms with Gasteiger partial charge >= 0.3 is 0 Å². The van der Waals surface area contributed by atoms with Gasteiger partial charge in [-0.25, -0.2) is 4.39 Å². The summed E-state index contributed by atoms with van der Waals surface area (Å²) >= 11 is 3.31. The molecule has 2 N–H and O–H groups in total. The maximum Gasteiger partial charge on any atom is 0.123 e. The van der Waals surface area contributed by atoms with Gasteiger partial charge in [-0.15, -0.1) is 0 Å². The van der Waals surface area contributed by atoms with Crippen LogP contribution in [-0.2, 0) is 13.1 Å². The molecular weight excluding hydrogens is 273 g/mol. The van der Waals surface area contributed by atoms with Crippen molar-refractivity contribution in [3.8, 4) is 0 Å². The highest BCUT2D eigenvalue weighted by Crippen LogP contribution is 2.12. The van der Waals surface area contributed by atoms with Crippen LogP contribution in [0.3, 0.4) is 0 Å². The van der Waals surface area contributed by atoms with Gasteiger partial charge < -0.3 is 5.73 Å². The normalized spacial score (nSPS) is 10.7. The molecule has 3 nitrogen and oxygen atoms in total. The van der Waals surface area contributed by atoms with Crippen LogP contribution in [0, 0.1) is 5.82 Å². The van der Waals surface area contributed by atoms with E-state index in [1.807, 2.05) is 12.3 Å². The van der Waals surface area contributed by atoms with E-state index in [1.165, 1.54) is 12.1 Å². The smallest absolute Gasteiger partial charge is 0.123 e. The summed E-state index contributed by atoms with van der Waals surface area (Å²) in [5.74, 6) is -0.260. The molecule has 84 valence electrons. The number of nitrogens with zero attached hydrogens (tertiary/aromatic N) is 2. The Hall–Kier alpha value is -1.20. The number of benzene rings is 1. The Morgan fingerprint density at radius 1 is 1.31 bits per heavy atom. The molecule has 2 rings (SSSR count). The Morgan fingerprint density at radius 3 is 2.69 bits per heavy atom. The molecule has 0 spiro atoms. The van der Waals surface area contributed by atoms with Crippen LogP contribution >= 0.6 is 15.9 Å². The molecule has 0 amide bonds. The summed E-state index contributed by atoms with van der Waals surface area (Å²) in [6.07, 6.45) is 3.54. The van der Waals surface area contributed by atoms with Gasteiger partial charge in [0.05, 0.1) is 17.2 Å². The average molecular weight is 284 g/mol. The van der Waals surface area contributed by atoms with Crippen molar-refractivity contribution in [3.05, 3.63) is 52.0 Å². The number of rotatable bonds is 3. The quantitative estimate of drug-likeness (QED) is 0.939. The Kier molecular flexibility index (Phi) is 3.36. The molecule has 0 aliphatic heterocycles. The van der Waals surface area contributed by atoms with E-state index >= 15 is 0 Å². The second-order valence-electron chi connectivity index (χ2n) is 3.53. The van der Waals surface area contributed by atoms with Crippen LogP contribution in [0.5, 0.6) is 0 Å². The van der Waals surface area contributed by atoms with Crippen LogP contribution in [-0.4, -0.2) is 9.78 Å². The number of halogens is 2. The fraction of sp³-hybridized carbons (Fsp3) is 0.182. The van der Waals surface area contributed by atoms with Crippen molar-refractivity contribution in [3.63, 3.8) is 0 Å². The standard InChI is InChI=1S/C11H11BrFN3/c12-10-5-15-16(7-10)6-9-1-8(4-14)2-11(13)3-9/h1-3,5,7H,4,6,14H2. The van der Waals surface area contributed by atoms with Crippen LogP contribution in [0.4, 0.5) is 4.39 Å². The highest BCUT2D eigenvalue weighted by molar-refractivity contribution is 9.10. The second kappa shape index (κ2) is 4.76. The minimum atomic E-state index is -0.260. The molecule has 0 bridgehead atoms. The van der Waals surface area contributed by atoms with E-state index in [0.29, 0.717) is 13.1 Å². The molecule has 2 aromatic rings. The lowest BCUT2D eigenvalue weighted by Crippen LogP contribution is -2.03. The minimum Gasteiger partial charge on any atom is -0.326 e. The van der Waals surface area contributed by atoms with Gasteiger partial charge in [-0.2, -0.15) is 5.10 Å². The van der Waals surface area contributed by atoms with Crippen molar-refractivity contribution >= 4 is 15.9 Å². The fourth-order valence-electron chi connectivity index (χ4n) is 1.54. The monoisotopic (exact) mass is 283 g/mol. The molecule has 0 unspecified atom stereocenters. The zero-order valence-corrected chi connectivity index (χ0v) is 10.1. The predicted molar refractivity (Wildman–Crippen MR) is 63.3 cm³/mol. The Morgan fingerprint density at radius 2 is 2.06 bits per heavy atom. The SMILES string of the molecule is NCc1cc(F)cc(Cn2cc(Br)cn2)c1. The maximum absolute atomic E-state index is 13.2. The van der Waals surface area contributed by atoms with Gasteiger partial charge in [0.2, 0.25) is 0 Å². The van der Waals surface area contributed by atoms with E-state index in [4.69, 9.17) is 5.73 Å². The van der Waals surface area contributed by atoms with Gasteiger partial charge in [0, 0.05) is 12.7 Å². The van der Waals surface area contributed by atoms with Gasteiger partial charge in [-0.1, -0.05) is 6.07 Å². The average Bonchev–Trinajstić information content (AvgIpc) is 2.63. The first-order valence-corrected chi connectivity index (χ1v) is 5.63. The van der Waals surface area contributed by atoms with Crippen molar-refractivity contribution in [2.75, 3.05) is 0 Å². The van der Waals surface area contributed by atoms with Crippen molar-refractivity contribution in [2.45, 2.75) is 13.1 Å². The van der Waals surface area contributed by atoms with Crippen LogP contribution in [0.25, 0.3) is 0 Å². The lowest BCUT2D eigenvalue weighted by Gasteiger charge is -2.05. The van der Waals surface area contributed by atoms with Gasteiger partial charge in [-0.3, -0.25) is 4.68 Å². The number of hydrogen-bond donors (Lipinski definition) is 1. The molecule has 0 saturated carbocycles. The third-order valence-corrected chi connectivity index (χ3v) is 2.61. The summed E-state index contributed by atoms with van der Waals surface area (Å²) in [7, 11) is 0. The van der Waals surface area contributed by atoms with Crippen LogP contribution in [0.1, 0.15) is 11.1 Å². The van der Waals surface area contributed by atoms with Crippen LogP contribution in [0.15, 0.2) is 35.1 Å². The van der Waals surface area contributed by atoms with E-state index in [2.05, 4.69) is 21.0 Å². The molecule has 0 saturated heterocycles. The summed E-state index contributed by atoms with van der Waals surface area (Å²) < 4.78 is 15.9.